The third-order valence-corrected chi connectivity index (χ3v) is 6.60. The van der Waals surface area contributed by atoms with Crippen LogP contribution >= 0.6 is 0 Å². The number of anilines is 2. The van der Waals surface area contributed by atoms with Crippen molar-refractivity contribution in [3.8, 4) is 22.9 Å². The van der Waals surface area contributed by atoms with Crippen LogP contribution in [0.15, 0.2) is 85.3 Å². The number of fused-ring (bicyclic) bond motifs is 1. The van der Waals surface area contributed by atoms with E-state index < -0.39 is 6.09 Å². The number of nitrogen functional groups attached to an aromatic ring is 1. The van der Waals surface area contributed by atoms with Crippen molar-refractivity contribution in [3.63, 3.8) is 0 Å². The number of hydrogen-bond donors (Lipinski definition) is 2. The molecule has 0 atom stereocenters. The molecule has 0 saturated heterocycles. The normalized spacial score (nSPS) is 13.2. The van der Waals surface area contributed by atoms with Gasteiger partial charge in [-0.1, -0.05) is 36.8 Å². The van der Waals surface area contributed by atoms with Crippen molar-refractivity contribution < 1.29 is 14.3 Å². The van der Waals surface area contributed by atoms with Gasteiger partial charge in [0.05, 0.1) is 0 Å². The molecule has 1 amide bonds. The Balaban J connectivity index is 1.17. The van der Waals surface area contributed by atoms with E-state index in [-0.39, 0.29) is 5.88 Å². The van der Waals surface area contributed by atoms with E-state index in [1.807, 2.05) is 48.7 Å². The van der Waals surface area contributed by atoms with Crippen molar-refractivity contribution in [1.82, 2.24) is 19.4 Å². The van der Waals surface area contributed by atoms with E-state index in [0.29, 0.717) is 29.8 Å². The lowest BCUT2D eigenvalue weighted by atomic mass is 9.85. The average Bonchev–Trinajstić information content (AvgIpc) is 3.28. The third-order valence-electron chi connectivity index (χ3n) is 6.60. The number of nitrogens with zero attached hydrogens (tertiary/aromatic N) is 4. The lowest BCUT2D eigenvalue weighted by molar-refractivity contribution is 0.213. The van der Waals surface area contributed by atoms with Crippen molar-refractivity contribution in [2.24, 2.45) is 0 Å². The second-order valence-electron chi connectivity index (χ2n) is 9.18. The van der Waals surface area contributed by atoms with Gasteiger partial charge in [-0.05, 0) is 48.7 Å². The third kappa shape index (κ3) is 4.86. The lowest BCUT2D eigenvalue weighted by Crippen LogP contribution is -2.17. The number of rotatable bonds is 7. The molecule has 3 heterocycles. The van der Waals surface area contributed by atoms with Crippen molar-refractivity contribution >= 4 is 23.1 Å². The molecule has 1 aliphatic carbocycles. The average molecular weight is 507 g/mol. The number of aromatic nitrogens is 4. The monoisotopic (exact) mass is 506 g/mol. The van der Waals surface area contributed by atoms with Gasteiger partial charge in [-0.3, -0.25) is 9.72 Å². The quantitative estimate of drug-likeness (QED) is 0.285. The largest absolute Gasteiger partial charge is 0.489 e. The van der Waals surface area contributed by atoms with Gasteiger partial charge >= 0.3 is 6.09 Å². The van der Waals surface area contributed by atoms with Gasteiger partial charge in [-0.15, -0.1) is 0 Å². The zero-order valence-corrected chi connectivity index (χ0v) is 20.6. The van der Waals surface area contributed by atoms with E-state index in [0.717, 1.165) is 41.0 Å². The molecule has 6 rings (SSSR count). The number of ether oxygens (including phenoxy) is 2. The highest BCUT2D eigenvalue weighted by molar-refractivity contribution is 5.86. The first-order valence-electron chi connectivity index (χ1n) is 12.5. The van der Waals surface area contributed by atoms with Crippen LogP contribution in [0.4, 0.5) is 16.3 Å². The number of nitrogens with two attached hydrogens (primary N) is 1. The van der Waals surface area contributed by atoms with Crippen LogP contribution in [-0.2, 0) is 6.61 Å². The maximum absolute atomic E-state index is 12.2. The Bertz CT molecular complexity index is 1600. The number of nitrogens with one attached hydrogen (secondary N) is 1. The van der Waals surface area contributed by atoms with Gasteiger partial charge in [0.15, 0.2) is 0 Å². The first-order chi connectivity index (χ1) is 18.6. The standard InChI is InChI=1S/C29H26N6O3/c30-27-26-25(34-28(20-7-4-8-20)35(26)15-14-32-27)21-9-5-11-23(17-21)37-18-19-6-3-10-22(16-19)33-29(36)38-24-12-1-2-13-31-24/h1-3,5-6,9-17,20H,4,7-8,18H2,(H2,30,32)(H,33,36). The molecule has 38 heavy (non-hydrogen) atoms. The van der Waals surface area contributed by atoms with Gasteiger partial charge < -0.3 is 15.2 Å². The van der Waals surface area contributed by atoms with Crippen LogP contribution in [0.3, 0.4) is 0 Å². The SMILES string of the molecule is Nc1nccn2c(C3CCC3)nc(-c3cccc(OCc4cccc(NC(=O)Oc5ccccn5)c4)c3)c12. The molecule has 0 unspecified atom stereocenters. The van der Waals surface area contributed by atoms with Crippen molar-refractivity contribution in [3.05, 3.63) is 96.7 Å². The van der Waals surface area contributed by atoms with E-state index >= 15 is 0 Å². The summed E-state index contributed by atoms with van der Waals surface area (Å²) in [7, 11) is 0. The van der Waals surface area contributed by atoms with Crippen LogP contribution in [-0.4, -0.2) is 25.4 Å². The Morgan fingerprint density at radius 1 is 1.03 bits per heavy atom. The molecule has 1 saturated carbocycles. The minimum atomic E-state index is -0.614. The zero-order chi connectivity index (χ0) is 25.9. The maximum atomic E-state index is 12.2. The number of hydrogen-bond acceptors (Lipinski definition) is 7. The first kappa shape index (κ1) is 23.5. The molecule has 1 aliphatic rings. The molecule has 190 valence electrons. The fourth-order valence-corrected chi connectivity index (χ4v) is 4.53. The molecule has 3 N–H and O–H groups in total. The van der Waals surface area contributed by atoms with E-state index in [1.54, 1.807) is 36.7 Å². The number of carbonyl (C=O) groups excluding carboxylic acids is 1. The minimum Gasteiger partial charge on any atom is -0.489 e. The molecule has 0 spiro atoms. The number of imidazole rings is 1. The Hall–Kier alpha value is -4.92. The second-order valence-corrected chi connectivity index (χ2v) is 9.18. The number of benzene rings is 2. The summed E-state index contributed by atoms with van der Waals surface area (Å²) < 4.78 is 13.4. The summed E-state index contributed by atoms with van der Waals surface area (Å²) in [5.74, 6) is 2.86. The molecular formula is C29H26N6O3. The summed E-state index contributed by atoms with van der Waals surface area (Å²) in [4.78, 5) is 25.5. The van der Waals surface area contributed by atoms with Gasteiger partial charge in [0, 0.05) is 41.8 Å². The van der Waals surface area contributed by atoms with Crippen LogP contribution in [0.5, 0.6) is 11.6 Å². The van der Waals surface area contributed by atoms with Crippen molar-refractivity contribution in [2.75, 3.05) is 11.1 Å². The lowest BCUT2D eigenvalue weighted by Gasteiger charge is -2.23. The second kappa shape index (κ2) is 10.2. The van der Waals surface area contributed by atoms with Crippen LogP contribution in [0.2, 0.25) is 0 Å². The highest BCUT2D eigenvalue weighted by atomic mass is 16.6. The molecular weight excluding hydrogens is 480 g/mol. The van der Waals surface area contributed by atoms with Crippen molar-refractivity contribution in [2.45, 2.75) is 31.8 Å². The zero-order valence-electron chi connectivity index (χ0n) is 20.6. The molecule has 9 nitrogen and oxygen atoms in total. The molecule has 0 aliphatic heterocycles. The summed E-state index contributed by atoms with van der Waals surface area (Å²) in [5, 5.41) is 2.72. The molecule has 0 radical (unpaired) electrons. The van der Waals surface area contributed by atoms with E-state index in [4.69, 9.17) is 20.2 Å². The number of carbonyl (C=O) groups is 1. The highest BCUT2D eigenvalue weighted by Crippen LogP contribution is 2.39. The van der Waals surface area contributed by atoms with Gasteiger partial charge in [-0.25, -0.2) is 19.7 Å². The number of pyridine rings is 1. The molecule has 2 aromatic carbocycles. The summed E-state index contributed by atoms with van der Waals surface area (Å²) in [6.07, 6.45) is 8.10. The predicted octanol–water partition coefficient (Wildman–Crippen LogP) is 5.83. The summed E-state index contributed by atoms with van der Waals surface area (Å²) in [6, 6.07) is 20.3. The van der Waals surface area contributed by atoms with E-state index in [1.165, 1.54) is 6.42 Å². The minimum absolute atomic E-state index is 0.229. The molecule has 1 fully saturated rings. The topological polar surface area (TPSA) is 117 Å². The Kier molecular flexibility index (Phi) is 6.31. The molecule has 3 aromatic heterocycles. The fourth-order valence-electron chi connectivity index (χ4n) is 4.53. The van der Waals surface area contributed by atoms with Crippen LogP contribution in [0.25, 0.3) is 16.8 Å². The van der Waals surface area contributed by atoms with Gasteiger partial charge in [0.25, 0.3) is 0 Å². The predicted molar refractivity (Wildman–Crippen MR) is 144 cm³/mol. The van der Waals surface area contributed by atoms with Gasteiger partial charge in [-0.2, -0.15) is 0 Å². The first-order valence-corrected chi connectivity index (χ1v) is 12.5. The van der Waals surface area contributed by atoms with Gasteiger partial charge in [0.1, 0.15) is 35.2 Å². The molecule has 5 aromatic rings. The highest BCUT2D eigenvalue weighted by Gasteiger charge is 2.27. The Labute approximate surface area is 219 Å². The van der Waals surface area contributed by atoms with Crippen LogP contribution in [0, 0.1) is 0 Å². The Morgan fingerprint density at radius 3 is 2.74 bits per heavy atom. The Morgan fingerprint density at radius 2 is 1.92 bits per heavy atom. The molecule has 0 bridgehead atoms. The van der Waals surface area contributed by atoms with Crippen LogP contribution < -0.4 is 20.5 Å². The van der Waals surface area contributed by atoms with Gasteiger partial charge in [0.2, 0.25) is 5.88 Å². The van der Waals surface area contributed by atoms with E-state index in [9.17, 15) is 4.79 Å². The molecule has 9 heteroatoms. The van der Waals surface area contributed by atoms with Crippen LogP contribution in [0.1, 0.15) is 36.6 Å². The fraction of sp³-hybridized carbons (Fsp3) is 0.172. The smallest absolute Gasteiger partial charge is 0.418 e. The number of amides is 1. The maximum Gasteiger partial charge on any atom is 0.418 e. The van der Waals surface area contributed by atoms with E-state index in [2.05, 4.69) is 19.7 Å². The summed E-state index contributed by atoms with van der Waals surface area (Å²) >= 11 is 0. The van der Waals surface area contributed by atoms with Crippen molar-refractivity contribution in [1.29, 1.82) is 0 Å². The summed E-state index contributed by atoms with van der Waals surface area (Å²) in [5.41, 5.74) is 10.3. The summed E-state index contributed by atoms with van der Waals surface area (Å²) in [6.45, 7) is 0.315.